The van der Waals surface area contributed by atoms with Crippen LogP contribution in [0.5, 0.6) is 0 Å². The maximum atomic E-state index is 5.04. The monoisotopic (exact) mass is 278 g/mol. The molecule has 1 fully saturated rings. The third kappa shape index (κ3) is 4.42. The largest absolute Gasteiger partial charge is 0.383 e. The van der Waals surface area contributed by atoms with Crippen LogP contribution in [-0.2, 0) is 4.74 Å². The molecule has 0 atom stereocenters. The first-order valence-electron chi connectivity index (χ1n) is 7.46. The van der Waals surface area contributed by atoms with Crippen molar-refractivity contribution >= 4 is 5.82 Å². The first-order valence-corrected chi connectivity index (χ1v) is 7.46. The lowest BCUT2D eigenvalue weighted by Crippen LogP contribution is -2.38. The molecule has 0 radical (unpaired) electrons. The molecule has 5 nitrogen and oxygen atoms in total. The minimum absolute atomic E-state index is 0.770. The van der Waals surface area contributed by atoms with E-state index in [2.05, 4.69) is 26.3 Å². The van der Waals surface area contributed by atoms with E-state index < -0.39 is 0 Å². The Bertz CT molecular complexity index is 396. The van der Waals surface area contributed by atoms with Crippen molar-refractivity contribution in [2.45, 2.75) is 26.7 Å². The first-order chi connectivity index (χ1) is 9.69. The predicted octanol–water partition coefficient (Wildman–Crippen LogP) is 1.55. The van der Waals surface area contributed by atoms with Crippen LogP contribution in [0.15, 0.2) is 6.07 Å². The van der Waals surface area contributed by atoms with Gasteiger partial charge in [0, 0.05) is 38.5 Å². The summed E-state index contributed by atoms with van der Waals surface area (Å²) in [7, 11) is 1.74. The highest BCUT2D eigenvalue weighted by Crippen LogP contribution is 2.21. The van der Waals surface area contributed by atoms with Gasteiger partial charge >= 0.3 is 0 Å². The van der Waals surface area contributed by atoms with E-state index in [1.165, 1.54) is 12.8 Å². The fraction of sp³-hybridized carbons (Fsp3) is 0.733. The van der Waals surface area contributed by atoms with Crippen molar-refractivity contribution in [3.8, 4) is 0 Å². The number of rotatable bonds is 6. The molecule has 0 aromatic carbocycles. The van der Waals surface area contributed by atoms with E-state index in [1.54, 1.807) is 7.11 Å². The first kappa shape index (κ1) is 15.2. The SMILES string of the molecule is COCCNCC1CCN(c2cc(C)nc(C)n2)CC1. The van der Waals surface area contributed by atoms with Crippen molar-refractivity contribution in [1.82, 2.24) is 15.3 Å². The molecule has 1 aromatic rings. The van der Waals surface area contributed by atoms with Crippen LogP contribution in [-0.4, -0.2) is 49.9 Å². The van der Waals surface area contributed by atoms with Gasteiger partial charge in [0.2, 0.25) is 0 Å². The zero-order valence-corrected chi connectivity index (χ0v) is 12.9. The number of aromatic nitrogens is 2. The number of hydrogen-bond donors (Lipinski definition) is 1. The van der Waals surface area contributed by atoms with Crippen molar-refractivity contribution in [2.75, 3.05) is 44.8 Å². The molecule has 0 saturated carbocycles. The highest BCUT2D eigenvalue weighted by atomic mass is 16.5. The number of piperidine rings is 1. The second-order valence-corrected chi connectivity index (χ2v) is 5.54. The van der Waals surface area contributed by atoms with Crippen LogP contribution in [0.25, 0.3) is 0 Å². The molecule has 1 aliphatic rings. The molecule has 1 aromatic heterocycles. The van der Waals surface area contributed by atoms with Crippen LogP contribution in [0.4, 0.5) is 5.82 Å². The van der Waals surface area contributed by atoms with Gasteiger partial charge in [-0.3, -0.25) is 0 Å². The zero-order chi connectivity index (χ0) is 14.4. The lowest BCUT2D eigenvalue weighted by atomic mass is 9.97. The maximum absolute atomic E-state index is 5.04. The second-order valence-electron chi connectivity index (χ2n) is 5.54. The molecule has 2 heterocycles. The van der Waals surface area contributed by atoms with E-state index in [0.29, 0.717) is 0 Å². The van der Waals surface area contributed by atoms with E-state index in [-0.39, 0.29) is 0 Å². The van der Waals surface area contributed by atoms with Crippen molar-refractivity contribution < 1.29 is 4.74 Å². The lowest BCUT2D eigenvalue weighted by Gasteiger charge is -2.33. The maximum Gasteiger partial charge on any atom is 0.132 e. The molecule has 1 saturated heterocycles. The van der Waals surface area contributed by atoms with Gasteiger partial charge in [-0.1, -0.05) is 0 Å². The molecule has 1 aliphatic heterocycles. The van der Waals surface area contributed by atoms with E-state index >= 15 is 0 Å². The Morgan fingerprint density at radius 3 is 2.70 bits per heavy atom. The molecular weight excluding hydrogens is 252 g/mol. The summed E-state index contributed by atoms with van der Waals surface area (Å²) in [6.45, 7) is 9.00. The van der Waals surface area contributed by atoms with Crippen LogP contribution in [0.3, 0.4) is 0 Å². The zero-order valence-electron chi connectivity index (χ0n) is 12.9. The topological polar surface area (TPSA) is 50.3 Å². The number of nitrogens with zero attached hydrogens (tertiary/aromatic N) is 3. The van der Waals surface area contributed by atoms with E-state index in [1.807, 2.05) is 13.8 Å². The Morgan fingerprint density at radius 2 is 2.05 bits per heavy atom. The fourth-order valence-corrected chi connectivity index (χ4v) is 2.71. The average Bonchev–Trinajstić information content (AvgIpc) is 2.43. The van der Waals surface area contributed by atoms with E-state index in [4.69, 9.17) is 4.74 Å². The Hall–Kier alpha value is -1.20. The van der Waals surface area contributed by atoms with Crippen molar-refractivity contribution in [1.29, 1.82) is 0 Å². The van der Waals surface area contributed by atoms with Gasteiger partial charge in [0.15, 0.2) is 0 Å². The molecule has 0 bridgehead atoms. The lowest BCUT2D eigenvalue weighted by molar-refractivity contribution is 0.196. The van der Waals surface area contributed by atoms with Gasteiger partial charge in [0.25, 0.3) is 0 Å². The Labute approximate surface area is 121 Å². The Morgan fingerprint density at radius 1 is 1.30 bits per heavy atom. The molecule has 5 heteroatoms. The smallest absolute Gasteiger partial charge is 0.132 e. The van der Waals surface area contributed by atoms with Gasteiger partial charge < -0.3 is 15.0 Å². The van der Waals surface area contributed by atoms with Gasteiger partial charge in [-0.2, -0.15) is 0 Å². The van der Waals surface area contributed by atoms with Crippen molar-refractivity contribution in [2.24, 2.45) is 5.92 Å². The summed E-state index contributed by atoms with van der Waals surface area (Å²) >= 11 is 0. The highest BCUT2D eigenvalue weighted by molar-refractivity contribution is 5.40. The fourth-order valence-electron chi connectivity index (χ4n) is 2.71. The number of ether oxygens (including phenoxy) is 1. The highest BCUT2D eigenvalue weighted by Gasteiger charge is 2.20. The van der Waals surface area contributed by atoms with Crippen LogP contribution in [0.2, 0.25) is 0 Å². The molecule has 0 aliphatic carbocycles. The summed E-state index contributed by atoms with van der Waals surface area (Å²) in [6.07, 6.45) is 2.45. The van der Waals surface area contributed by atoms with Crippen LogP contribution < -0.4 is 10.2 Å². The standard InChI is InChI=1S/C15H26N4O/c1-12-10-15(18-13(2)17-12)19-7-4-14(5-8-19)11-16-6-9-20-3/h10,14,16H,4-9,11H2,1-3H3. The number of aryl methyl sites for hydroxylation is 2. The molecule has 0 amide bonds. The van der Waals surface area contributed by atoms with Gasteiger partial charge in [-0.25, -0.2) is 9.97 Å². The van der Waals surface area contributed by atoms with Crippen molar-refractivity contribution in [3.63, 3.8) is 0 Å². The predicted molar refractivity (Wildman–Crippen MR) is 81.2 cm³/mol. The summed E-state index contributed by atoms with van der Waals surface area (Å²) < 4.78 is 5.04. The third-order valence-electron chi connectivity index (χ3n) is 3.81. The van der Waals surface area contributed by atoms with Gasteiger partial charge in [-0.15, -0.1) is 0 Å². The average molecular weight is 278 g/mol. The molecule has 2 rings (SSSR count). The van der Waals surface area contributed by atoms with Crippen LogP contribution in [0, 0.1) is 19.8 Å². The molecule has 20 heavy (non-hydrogen) atoms. The van der Waals surface area contributed by atoms with Crippen LogP contribution in [0.1, 0.15) is 24.4 Å². The number of methoxy groups -OCH3 is 1. The number of anilines is 1. The third-order valence-corrected chi connectivity index (χ3v) is 3.81. The summed E-state index contributed by atoms with van der Waals surface area (Å²) in [5, 5.41) is 3.46. The normalized spacial score (nSPS) is 16.6. The number of nitrogens with one attached hydrogen (secondary N) is 1. The van der Waals surface area contributed by atoms with Gasteiger partial charge in [-0.05, 0) is 39.2 Å². The molecule has 112 valence electrons. The minimum Gasteiger partial charge on any atom is -0.383 e. The summed E-state index contributed by atoms with van der Waals surface area (Å²) in [5.74, 6) is 2.72. The molecule has 1 N–H and O–H groups in total. The van der Waals surface area contributed by atoms with E-state index in [9.17, 15) is 0 Å². The Balaban J connectivity index is 1.79. The molecule has 0 spiro atoms. The second kappa shape index (κ2) is 7.55. The minimum atomic E-state index is 0.770. The summed E-state index contributed by atoms with van der Waals surface area (Å²) in [5.41, 5.74) is 1.05. The van der Waals surface area contributed by atoms with E-state index in [0.717, 1.165) is 56.0 Å². The number of hydrogen-bond acceptors (Lipinski definition) is 5. The molecule has 0 unspecified atom stereocenters. The quantitative estimate of drug-likeness (QED) is 0.800. The Kier molecular flexibility index (Phi) is 5.73. The summed E-state index contributed by atoms with van der Waals surface area (Å²) in [6, 6.07) is 2.09. The van der Waals surface area contributed by atoms with Crippen molar-refractivity contribution in [3.05, 3.63) is 17.6 Å². The van der Waals surface area contributed by atoms with Gasteiger partial charge in [0.05, 0.1) is 6.61 Å². The molecular formula is C15H26N4O. The van der Waals surface area contributed by atoms with Gasteiger partial charge in [0.1, 0.15) is 11.6 Å². The van der Waals surface area contributed by atoms with Crippen LogP contribution >= 0.6 is 0 Å². The summed E-state index contributed by atoms with van der Waals surface area (Å²) in [4.78, 5) is 11.3.